The van der Waals surface area contributed by atoms with Gasteiger partial charge in [0.2, 0.25) is 17.8 Å². The number of sulfone groups is 1. The van der Waals surface area contributed by atoms with Gasteiger partial charge in [-0.2, -0.15) is 19.6 Å². The van der Waals surface area contributed by atoms with E-state index in [1.54, 1.807) is 57.5 Å². The van der Waals surface area contributed by atoms with Gasteiger partial charge in [0.15, 0.2) is 15.5 Å². The number of carbonyl (C=O) groups is 1. The lowest BCUT2D eigenvalue weighted by molar-refractivity contribution is -0.132. The van der Waals surface area contributed by atoms with Crippen LogP contribution in [0, 0.1) is 6.92 Å². The summed E-state index contributed by atoms with van der Waals surface area (Å²) in [6.45, 7) is 9.10. The third-order valence-electron chi connectivity index (χ3n) is 8.43. The van der Waals surface area contributed by atoms with E-state index in [9.17, 15) is 13.2 Å². The van der Waals surface area contributed by atoms with Crippen LogP contribution in [0.5, 0.6) is 5.75 Å². The molecule has 5 rings (SSSR count). The molecule has 2 aromatic carbocycles. The zero-order chi connectivity index (χ0) is 32.1. The molecule has 240 valence electrons. The molecule has 0 atom stereocenters. The lowest BCUT2D eigenvalue weighted by atomic mass is 9.86. The van der Waals surface area contributed by atoms with Gasteiger partial charge in [-0.25, -0.2) is 8.42 Å². The molecular weight excluding hydrogens is 590 g/mol. The van der Waals surface area contributed by atoms with Crippen molar-refractivity contribution in [3.05, 3.63) is 59.8 Å². The van der Waals surface area contributed by atoms with Gasteiger partial charge < -0.3 is 20.3 Å². The number of aromatic nitrogens is 4. The number of para-hydroxylation sites is 1. The molecular formula is C33H43N7O4S. The van der Waals surface area contributed by atoms with Crippen LogP contribution in [0.15, 0.2) is 53.6 Å². The Kier molecular flexibility index (Phi) is 9.91. The van der Waals surface area contributed by atoms with Crippen LogP contribution in [-0.4, -0.2) is 64.3 Å². The van der Waals surface area contributed by atoms with Crippen LogP contribution in [0.4, 0.5) is 23.3 Å². The van der Waals surface area contributed by atoms with Gasteiger partial charge in [-0.1, -0.05) is 31.9 Å². The van der Waals surface area contributed by atoms with E-state index in [0.29, 0.717) is 47.0 Å². The van der Waals surface area contributed by atoms with E-state index >= 15 is 0 Å². The highest BCUT2D eigenvalue weighted by Crippen LogP contribution is 2.38. The minimum absolute atomic E-state index is 0.188. The predicted octanol–water partition coefficient (Wildman–Crippen LogP) is 6.40. The first-order chi connectivity index (χ1) is 21.6. The first kappa shape index (κ1) is 32.2. The van der Waals surface area contributed by atoms with Gasteiger partial charge in [0.25, 0.3) is 0 Å². The fourth-order valence-electron chi connectivity index (χ4n) is 5.81. The summed E-state index contributed by atoms with van der Waals surface area (Å²) in [5.74, 6) is 1.88. The molecule has 0 spiro atoms. The maximum absolute atomic E-state index is 13.1. The Morgan fingerprint density at radius 1 is 1.04 bits per heavy atom. The summed E-state index contributed by atoms with van der Waals surface area (Å²) in [6.07, 6.45) is 7.25. The molecule has 2 aromatic heterocycles. The van der Waals surface area contributed by atoms with Crippen molar-refractivity contribution in [2.45, 2.75) is 82.3 Å². The lowest BCUT2D eigenvalue weighted by Crippen LogP contribution is -2.37. The van der Waals surface area contributed by atoms with Gasteiger partial charge in [-0.15, -0.1) is 0 Å². The van der Waals surface area contributed by atoms with Gasteiger partial charge >= 0.3 is 0 Å². The SMILES string of the molecule is CCCCCC(=O)N1CCC(c2cc(OC)c(Nc3nc(Nc4ccccc4S(=O)(=O)C(C)C)n4nccc4n3)cc2C)CC1. The molecule has 1 saturated heterocycles. The summed E-state index contributed by atoms with van der Waals surface area (Å²) < 4.78 is 33.5. The zero-order valence-corrected chi connectivity index (χ0v) is 27.5. The normalized spacial score (nSPS) is 14.2. The number of hydrogen-bond donors (Lipinski definition) is 2. The number of carbonyl (C=O) groups excluding carboxylic acids is 1. The van der Waals surface area contributed by atoms with Crippen molar-refractivity contribution in [1.29, 1.82) is 0 Å². The van der Waals surface area contributed by atoms with Crippen molar-refractivity contribution in [3.63, 3.8) is 0 Å². The number of fused-ring (bicyclic) bond motifs is 1. The number of nitrogens with zero attached hydrogens (tertiary/aromatic N) is 5. The van der Waals surface area contributed by atoms with E-state index in [4.69, 9.17) is 4.74 Å². The monoisotopic (exact) mass is 633 g/mol. The van der Waals surface area contributed by atoms with Crippen molar-refractivity contribution in [2.75, 3.05) is 30.8 Å². The Hall–Kier alpha value is -4.19. The van der Waals surface area contributed by atoms with Gasteiger partial charge in [0.1, 0.15) is 5.75 Å². The number of rotatable bonds is 12. The molecule has 11 nitrogen and oxygen atoms in total. The third kappa shape index (κ3) is 7.06. The number of amides is 1. The zero-order valence-electron chi connectivity index (χ0n) is 26.7. The van der Waals surface area contributed by atoms with E-state index in [1.165, 1.54) is 10.1 Å². The summed E-state index contributed by atoms with van der Waals surface area (Å²) in [7, 11) is -1.92. The summed E-state index contributed by atoms with van der Waals surface area (Å²) in [5.41, 5.74) is 3.97. The summed E-state index contributed by atoms with van der Waals surface area (Å²) in [5, 5.41) is 10.2. The first-order valence-electron chi connectivity index (χ1n) is 15.7. The molecule has 45 heavy (non-hydrogen) atoms. The number of likely N-dealkylation sites (tertiary alicyclic amines) is 1. The second-order valence-electron chi connectivity index (χ2n) is 11.8. The minimum atomic E-state index is -3.55. The summed E-state index contributed by atoms with van der Waals surface area (Å²) >= 11 is 0. The van der Waals surface area contributed by atoms with Crippen molar-refractivity contribution in [2.24, 2.45) is 0 Å². The summed E-state index contributed by atoms with van der Waals surface area (Å²) in [4.78, 5) is 24.1. The van der Waals surface area contributed by atoms with Gasteiger partial charge in [-0.3, -0.25) is 4.79 Å². The van der Waals surface area contributed by atoms with Crippen LogP contribution in [0.1, 0.15) is 76.3 Å². The standard InChI is InChI=1S/C33H43N7O4S/c1-6-7-8-13-31(41)39-18-15-24(16-19-39)25-21-28(44-5)27(20-23(25)4)35-32-37-30-14-17-34-40(30)33(38-32)36-26-11-9-10-12-29(26)45(42,43)22(2)3/h9-12,14,17,20-22,24H,6-8,13,15-16,18-19H2,1-5H3,(H2,35,36,37,38). The number of methoxy groups -OCH3 is 1. The molecule has 0 unspecified atom stereocenters. The maximum atomic E-state index is 13.1. The third-order valence-corrected chi connectivity index (χ3v) is 10.6. The van der Waals surface area contributed by atoms with Gasteiger partial charge in [-0.05, 0) is 81.3 Å². The van der Waals surface area contributed by atoms with Crippen molar-refractivity contribution in [3.8, 4) is 5.75 Å². The number of ether oxygens (including phenoxy) is 1. The van der Waals surface area contributed by atoms with E-state index in [2.05, 4.69) is 45.6 Å². The number of hydrogen-bond acceptors (Lipinski definition) is 9. The minimum Gasteiger partial charge on any atom is -0.495 e. The van der Waals surface area contributed by atoms with Crippen molar-refractivity contribution in [1.82, 2.24) is 24.5 Å². The van der Waals surface area contributed by atoms with Gasteiger partial charge in [0, 0.05) is 25.6 Å². The van der Waals surface area contributed by atoms with E-state index in [-0.39, 0.29) is 10.8 Å². The Bertz CT molecular complexity index is 1760. The molecule has 1 fully saturated rings. The average molecular weight is 634 g/mol. The molecule has 1 aliphatic heterocycles. The average Bonchev–Trinajstić information content (AvgIpc) is 3.51. The van der Waals surface area contributed by atoms with Crippen molar-refractivity contribution < 1.29 is 17.9 Å². The van der Waals surface area contributed by atoms with Crippen LogP contribution >= 0.6 is 0 Å². The largest absolute Gasteiger partial charge is 0.495 e. The molecule has 0 bridgehead atoms. The number of anilines is 4. The van der Waals surface area contributed by atoms with Gasteiger partial charge in [0.05, 0.1) is 34.8 Å². The van der Waals surface area contributed by atoms with Crippen molar-refractivity contribution >= 4 is 44.7 Å². The molecule has 4 aromatic rings. The highest BCUT2D eigenvalue weighted by Gasteiger charge is 2.26. The lowest BCUT2D eigenvalue weighted by Gasteiger charge is -2.33. The second kappa shape index (κ2) is 13.8. The predicted molar refractivity (Wildman–Crippen MR) is 177 cm³/mol. The number of nitrogens with one attached hydrogen (secondary N) is 2. The number of piperidine rings is 1. The van der Waals surface area contributed by atoms with Crippen LogP contribution in [0.25, 0.3) is 5.65 Å². The Labute approximate surface area is 265 Å². The Balaban J connectivity index is 1.38. The highest BCUT2D eigenvalue weighted by molar-refractivity contribution is 7.92. The summed E-state index contributed by atoms with van der Waals surface area (Å²) in [6, 6.07) is 12.6. The number of unbranched alkanes of at least 4 members (excludes halogenated alkanes) is 2. The number of aryl methyl sites for hydroxylation is 1. The molecule has 3 heterocycles. The molecule has 0 saturated carbocycles. The highest BCUT2D eigenvalue weighted by atomic mass is 32.2. The quantitative estimate of drug-likeness (QED) is 0.170. The topological polar surface area (TPSA) is 131 Å². The van der Waals surface area contributed by atoms with Crippen LogP contribution in [0.2, 0.25) is 0 Å². The van der Waals surface area contributed by atoms with Crippen LogP contribution in [0.3, 0.4) is 0 Å². The maximum Gasteiger partial charge on any atom is 0.233 e. The van der Waals surface area contributed by atoms with Crippen LogP contribution in [-0.2, 0) is 14.6 Å². The van der Waals surface area contributed by atoms with E-state index in [0.717, 1.165) is 50.8 Å². The number of benzene rings is 2. The molecule has 0 aliphatic carbocycles. The molecule has 1 amide bonds. The fraction of sp³-hybridized carbons (Fsp3) is 0.455. The Morgan fingerprint density at radius 3 is 2.51 bits per heavy atom. The van der Waals surface area contributed by atoms with E-state index < -0.39 is 15.1 Å². The van der Waals surface area contributed by atoms with E-state index in [1.807, 2.05) is 11.0 Å². The molecule has 0 radical (unpaired) electrons. The Morgan fingerprint density at radius 2 is 1.80 bits per heavy atom. The first-order valence-corrected chi connectivity index (χ1v) is 17.2. The molecule has 1 aliphatic rings. The molecule has 12 heteroatoms. The smallest absolute Gasteiger partial charge is 0.233 e. The second-order valence-corrected chi connectivity index (χ2v) is 14.3. The van der Waals surface area contributed by atoms with Crippen LogP contribution < -0.4 is 15.4 Å². The molecule has 2 N–H and O–H groups in total. The fourth-order valence-corrected chi connectivity index (χ4v) is 7.01.